The highest BCUT2D eigenvalue weighted by molar-refractivity contribution is 5.34. The zero-order chi connectivity index (χ0) is 14.2. The lowest BCUT2D eigenvalue weighted by Gasteiger charge is -2.08. The smallest absolute Gasteiger partial charge is 0.122 e. The molecule has 20 heavy (non-hydrogen) atoms. The molecule has 0 atom stereocenters. The number of nitriles is 1. The first-order valence-electron chi connectivity index (χ1n) is 6.21. The third kappa shape index (κ3) is 3.92. The van der Waals surface area contributed by atoms with Crippen LogP contribution in [0.2, 0.25) is 0 Å². The van der Waals surface area contributed by atoms with Crippen molar-refractivity contribution in [2.75, 3.05) is 20.3 Å². The maximum atomic E-state index is 8.69. The number of benzene rings is 2. The molecule has 4 heteroatoms. The summed E-state index contributed by atoms with van der Waals surface area (Å²) < 4.78 is 16.1. The Bertz CT molecular complexity index is 570. The summed E-state index contributed by atoms with van der Waals surface area (Å²) in [5.41, 5.74) is 0.617. The maximum Gasteiger partial charge on any atom is 0.122 e. The van der Waals surface area contributed by atoms with E-state index in [0.717, 1.165) is 17.2 Å². The lowest BCUT2D eigenvalue weighted by atomic mass is 10.2. The first-order chi connectivity index (χ1) is 9.81. The van der Waals surface area contributed by atoms with Crippen molar-refractivity contribution in [1.82, 2.24) is 0 Å². The molecule has 0 saturated heterocycles. The largest absolute Gasteiger partial charge is 0.497 e. The van der Waals surface area contributed by atoms with Gasteiger partial charge in [-0.2, -0.15) is 5.26 Å². The van der Waals surface area contributed by atoms with Crippen molar-refractivity contribution >= 4 is 0 Å². The fraction of sp³-hybridized carbons (Fsp3) is 0.188. The fourth-order valence-electron chi connectivity index (χ4n) is 1.62. The molecule has 0 aliphatic carbocycles. The molecule has 0 bridgehead atoms. The molecule has 2 rings (SSSR count). The summed E-state index contributed by atoms with van der Waals surface area (Å²) >= 11 is 0. The van der Waals surface area contributed by atoms with Gasteiger partial charge in [0.1, 0.15) is 30.5 Å². The van der Waals surface area contributed by atoms with Crippen LogP contribution in [-0.4, -0.2) is 20.3 Å². The molecular weight excluding hydrogens is 254 g/mol. The molecule has 0 amide bonds. The molecule has 0 unspecified atom stereocenters. The first-order valence-corrected chi connectivity index (χ1v) is 6.21. The topological polar surface area (TPSA) is 51.5 Å². The van der Waals surface area contributed by atoms with Crippen molar-refractivity contribution in [2.45, 2.75) is 0 Å². The minimum atomic E-state index is 0.442. The van der Waals surface area contributed by atoms with Crippen LogP contribution in [0.3, 0.4) is 0 Å². The summed E-state index contributed by atoms with van der Waals surface area (Å²) in [5, 5.41) is 8.69. The van der Waals surface area contributed by atoms with Gasteiger partial charge in [-0.25, -0.2) is 0 Å². The quantitative estimate of drug-likeness (QED) is 0.756. The fourth-order valence-corrected chi connectivity index (χ4v) is 1.62. The average molecular weight is 269 g/mol. The Hall–Kier alpha value is -2.67. The van der Waals surface area contributed by atoms with E-state index in [9.17, 15) is 0 Å². The molecular formula is C16H15NO3. The summed E-state index contributed by atoms with van der Waals surface area (Å²) in [5.74, 6) is 2.29. The van der Waals surface area contributed by atoms with Crippen LogP contribution in [0.5, 0.6) is 17.2 Å². The van der Waals surface area contributed by atoms with E-state index < -0.39 is 0 Å². The van der Waals surface area contributed by atoms with Gasteiger partial charge in [0.05, 0.1) is 18.7 Å². The summed E-state index contributed by atoms with van der Waals surface area (Å²) in [4.78, 5) is 0. The summed E-state index contributed by atoms with van der Waals surface area (Å²) in [6.45, 7) is 0.893. The van der Waals surface area contributed by atoms with E-state index in [2.05, 4.69) is 6.07 Å². The van der Waals surface area contributed by atoms with E-state index in [4.69, 9.17) is 19.5 Å². The van der Waals surface area contributed by atoms with Crippen molar-refractivity contribution < 1.29 is 14.2 Å². The minimum Gasteiger partial charge on any atom is -0.497 e. The standard InChI is InChI=1S/C16H15NO3/c1-18-14-6-8-16(9-7-14)20-11-10-19-15-4-2-13(12-17)3-5-15/h2-9H,10-11H2,1H3. The van der Waals surface area contributed by atoms with E-state index in [1.807, 2.05) is 24.3 Å². The highest BCUT2D eigenvalue weighted by Gasteiger charge is 1.97. The number of hydrogen-bond donors (Lipinski definition) is 0. The van der Waals surface area contributed by atoms with Gasteiger partial charge in [-0.05, 0) is 48.5 Å². The Morgan fingerprint density at radius 2 is 1.25 bits per heavy atom. The third-order valence-electron chi connectivity index (χ3n) is 2.66. The van der Waals surface area contributed by atoms with Crippen LogP contribution >= 0.6 is 0 Å². The van der Waals surface area contributed by atoms with Gasteiger partial charge >= 0.3 is 0 Å². The normalized spacial score (nSPS) is 9.60. The Kier molecular flexibility index (Phi) is 4.85. The van der Waals surface area contributed by atoms with Crippen molar-refractivity contribution in [3.63, 3.8) is 0 Å². The Balaban J connectivity index is 1.74. The van der Waals surface area contributed by atoms with Gasteiger partial charge in [0.2, 0.25) is 0 Å². The SMILES string of the molecule is COc1ccc(OCCOc2ccc(C#N)cc2)cc1. The lowest BCUT2D eigenvalue weighted by Crippen LogP contribution is -2.08. The maximum absolute atomic E-state index is 8.69. The minimum absolute atomic E-state index is 0.442. The lowest BCUT2D eigenvalue weighted by molar-refractivity contribution is 0.217. The monoisotopic (exact) mass is 269 g/mol. The van der Waals surface area contributed by atoms with Crippen LogP contribution in [-0.2, 0) is 0 Å². The Morgan fingerprint density at radius 3 is 1.70 bits per heavy atom. The molecule has 0 fully saturated rings. The number of nitrogens with zero attached hydrogens (tertiary/aromatic N) is 1. The van der Waals surface area contributed by atoms with E-state index in [1.165, 1.54) is 0 Å². The molecule has 0 radical (unpaired) electrons. The first kappa shape index (κ1) is 13.8. The van der Waals surface area contributed by atoms with Gasteiger partial charge in [0.25, 0.3) is 0 Å². The van der Waals surface area contributed by atoms with Gasteiger partial charge in [-0.15, -0.1) is 0 Å². The molecule has 0 aromatic heterocycles. The van der Waals surface area contributed by atoms with Gasteiger partial charge in [0, 0.05) is 0 Å². The summed E-state index contributed by atoms with van der Waals surface area (Å²) in [7, 11) is 1.63. The van der Waals surface area contributed by atoms with Crippen LogP contribution in [0, 0.1) is 11.3 Å². The summed E-state index contributed by atoms with van der Waals surface area (Å²) in [6, 6.07) is 16.4. The molecule has 0 spiro atoms. The molecule has 0 heterocycles. The van der Waals surface area contributed by atoms with Crippen LogP contribution < -0.4 is 14.2 Å². The van der Waals surface area contributed by atoms with Crippen LogP contribution in [0.1, 0.15) is 5.56 Å². The van der Waals surface area contributed by atoms with E-state index in [-0.39, 0.29) is 0 Å². The number of ether oxygens (including phenoxy) is 3. The number of hydrogen-bond acceptors (Lipinski definition) is 4. The summed E-state index contributed by atoms with van der Waals surface area (Å²) in [6.07, 6.45) is 0. The average Bonchev–Trinajstić information content (AvgIpc) is 2.53. The van der Waals surface area contributed by atoms with Gasteiger partial charge < -0.3 is 14.2 Å². The second kappa shape index (κ2) is 7.05. The molecule has 0 N–H and O–H groups in total. The van der Waals surface area contributed by atoms with Crippen molar-refractivity contribution in [3.8, 4) is 23.3 Å². The molecule has 0 saturated carbocycles. The molecule has 102 valence electrons. The van der Waals surface area contributed by atoms with Gasteiger partial charge in [-0.1, -0.05) is 0 Å². The van der Waals surface area contributed by atoms with Crippen LogP contribution in [0.4, 0.5) is 0 Å². The molecule has 0 aliphatic rings. The Labute approximate surface area is 118 Å². The van der Waals surface area contributed by atoms with Crippen molar-refractivity contribution in [2.24, 2.45) is 0 Å². The van der Waals surface area contributed by atoms with E-state index in [1.54, 1.807) is 31.4 Å². The molecule has 0 aliphatic heterocycles. The second-order valence-electron chi connectivity index (χ2n) is 4.01. The van der Waals surface area contributed by atoms with Gasteiger partial charge in [0.15, 0.2) is 0 Å². The number of methoxy groups -OCH3 is 1. The number of rotatable bonds is 6. The van der Waals surface area contributed by atoms with Gasteiger partial charge in [-0.3, -0.25) is 0 Å². The highest BCUT2D eigenvalue weighted by atomic mass is 16.5. The van der Waals surface area contributed by atoms with Crippen molar-refractivity contribution in [3.05, 3.63) is 54.1 Å². The zero-order valence-electron chi connectivity index (χ0n) is 11.2. The molecule has 2 aromatic carbocycles. The second-order valence-corrected chi connectivity index (χ2v) is 4.01. The molecule has 2 aromatic rings. The zero-order valence-corrected chi connectivity index (χ0v) is 11.2. The predicted molar refractivity (Wildman–Crippen MR) is 75.1 cm³/mol. The van der Waals surface area contributed by atoms with E-state index in [0.29, 0.717) is 18.8 Å². The molecule has 4 nitrogen and oxygen atoms in total. The predicted octanol–water partition coefficient (Wildman–Crippen LogP) is 3.02. The Morgan fingerprint density at radius 1 is 0.800 bits per heavy atom. The third-order valence-corrected chi connectivity index (χ3v) is 2.66. The van der Waals surface area contributed by atoms with Crippen molar-refractivity contribution in [1.29, 1.82) is 5.26 Å². The van der Waals surface area contributed by atoms with Crippen LogP contribution in [0.15, 0.2) is 48.5 Å². The van der Waals surface area contributed by atoms with Crippen LogP contribution in [0.25, 0.3) is 0 Å². The highest BCUT2D eigenvalue weighted by Crippen LogP contribution is 2.17. The van der Waals surface area contributed by atoms with E-state index >= 15 is 0 Å².